The molecule has 7 nitrogen and oxygen atoms in total. The molecule has 7 heteroatoms. The molecule has 18 heavy (non-hydrogen) atoms. The zero-order valence-electron chi connectivity index (χ0n) is 10.7. The molecule has 0 spiro atoms. The van der Waals surface area contributed by atoms with E-state index in [4.69, 9.17) is 5.11 Å². The highest BCUT2D eigenvalue weighted by molar-refractivity contribution is 5.82. The summed E-state index contributed by atoms with van der Waals surface area (Å²) in [7, 11) is 1.45. The first-order valence-electron chi connectivity index (χ1n) is 5.65. The Balaban J connectivity index is 2.46. The van der Waals surface area contributed by atoms with Crippen LogP contribution >= 0.6 is 0 Å². The lowest BCUT2D eigenvalue weighted by atomic mass is 10.3. The first-order chi connectivity index (χ1) is 8.41. The van der Waals surface area contributed by atoms with Gasteiger partial charge in [-0.15, -0.1) is 0 Å². The predicted octanol–water partition coefficient (Wildman–Crippen LogP) is 0.386. The molecule has 2 amide bonds. The minimum atomic E-state index is -1.03. The van der Waals surface area contributed by atoms with Crippen molar-refractivity contribution in [2.75, 3.05) is 7.05 Å². The second-order valence-electron chi connectivity index (χ2n) is 4.20. The Bertz CT molecular complexity index is 404. The topological polar surface area (TPSA) is 87.5 Å². The highest BCUT2D eigenvalue weighted by Gasteiger charge is 2.22. The van der Waals surface area contributed by atoms with E-state index >= 15 is 0 Å². The van der Waals surface area contributed by atoms with Gasteiger partial charge in [0.25, 0.3) is 0 Å². The van der Waals surface area contributed by atoms with Crippen molar-refractivity contribution in [1.29, 1.82) is 0 Å². The van der Waals surface area contributed by atoms with Gasteiger partial charge in [-0.3, -0.25) is 4.68 Å². The third-order valence-corrected chi connectivity index (χ3v) is 2.65. The number of carboxylic acids is 1. The highest BCUT2D eigenvalue weighted by atomic mass is 16.4. The Morgan fingerprint density at radius 2 is 2.17 bits per heavy atom. The number of carbonyl (C=O) groups is 2. The zero-order valence-corrected chi connectivity index (χ0v) is 10.7. The molecule has 1 aromatic heterocycles. The van der Waals surface area contributed by atoms with Crippen molar-refractivity contribution in [3.05, 3.63) is 18.5 Å². The first kappa shape index (κ1) is 14.0. The molecule has 0 saturated heterocycles. The molecule has 1 rings (SSSR count). The van der Waals surface area contributed by atoms with Gasteiger partial charge in [0.1, 0.15) is 6.04 Å². The quantitative estimate of drug-likeness (QED) is 0.795. The van der Waals surface area contributed by atoms with E-state index in [0.717, 1.165) is 4.90 Å². The average molecular weight is 254 g/mol. The van der Waals surface area contributed by atoms with Crippen molar-refractivity contribution in [3.63, 3.8) is 0 Å². The summed E-state index contributed by atoms with van der Waals surface area (Å²) >= 11 is 0. The third-order valence-electron chi connectivity index (χ3n) is 2.65. The Labute approximate surface area is 105 Å². The fraction of sp³-hybridized carbons (Fsp3) is 0.545. The SMILES string of the molecule is CC(Cn1cccn1)NC(=O)N(C)C(C)C(=O)O. The van der Waals surface area contributed by atoms with E-state index in [2.05, 4.69) is 10.4 Å². The van der Waals surface area contributed by atoms with Crippen LogP contribution in [0.3, 0.4) is 0 Å². The van der Waals surface area contributed by atoms with Crippen LogP contribution in [0.15, 0.2) is 18.5 Å². The van der Waals surface area contributed by atoms with Crippen LogP contribution in [0.1, 0.15) is 13.8 Å². The maximum Gasteiger partial charge on any atom is 0.326 e. The van der Waals surface area contributed by atoms with Crippen molar-refractivity contribution in [1.82, 2.24) is 20.0 Å². The molecule has 1 heterocycles. The fourth-order valence-corrected chi connectivity index (χ4v) is 1.39. The third kappa shape index (κ3) is 3.76. The minimum absolute atomic E-state index is 0.138. The summed E-state index contributed by atoms with van der Waals surface area (Å²) in [5.41, 5.74) is 0. The molecule has 0 aliphatic rings. The molecule has 0 aliphatic carbocycles. The number of hydrogen-bond donors (Lipinski definition) is 2. The van der Waals surface area contributed by atoms with Crippen molar-refractivity contribution in [3.8, 4) is 0 Å². The van der Waals surface area contributed by atoms with Crippen molar-refractivity contribution in [2.45, 2.75) is 32.5 Å². The minimum Gasteiger partial charge on any atom is -0.480 e. The van der Waals surface area contributed by atoms with Gasteiger partial charge in [-0.1, -0.05) is 0 Å². The van der Waals surface area contributed by atoms with Gasteiger partial charge in [0, 0.05) is 25.5 Å². The van der Waals surface area contributed by atoms with Gasteiger partial charge in [-0.2, -0.15) is 5.10 Å². The van der Waals surface area contributed by atoms with Crippen LogP contribution in [0.5, 0.6) is 0 Å². The van der Waals surface area contributed by atoms with Crippen molar-refractivity contribution >= 4 is 12.0 Å². The largest absolute Gasteiger partial charge is 0.480 e. The summed E-state index contributed by atoms with van der Waals surface area (Å²) in [4.78, 5) is 23.7. The van der Waals surface area contributed by atoms with Crippen LogP contribution in [0.25, 0.3) is 0 Å². The lowest BCUT2D eigenvalue weighted by Crippen LogP contribution is -2.49. The summed E-state index contributed by atoms with van der Waals surface area (Å²) in [6.45, 7) is 3.83. The smallest absolute Gasteiger partial charge is 0.326 e. The highest BCUT2D eigenvalue weighted by Crippen LogP contribution is 1.98. The summed E-state index contributed by atoms with van der Waals surface area (Å²) < 4.78 is 1.70. The number of nitrogens with one attached hydrogen (secondary N) is 1. The van der Waals surface area contributed by atoms with Crippen molar-refractivity contribution < 1.29 is 14.7 Å². The monoisotopic (exact) mass is 254 g/mol. The Morgan fingerprint density at radius 3 is 2.67 bits per heavy atom. The summed E-state index contributed by atoms with van der Waals surface area (Å²) in [5.74, 6) is -1.03. The molecule has 0 fully saturated rings. The van der Waals surface area contributed by atoms with E-state index in [1.807, 2.05) is 6.92 Å². The Morgan fingerprint density at radius 1 is 1.50 bits per heavy atom. The summed E-state index contributed by atoms with van der Waals surface area (Å²) in [6, 6.07) is 0.389. The van der Waals surface area contributed by atoms with Crippen LogP contribution < -0.4 is 5.32 Å². The number of likely N-dealkylation sites (N-methyl/N-ethyl adjacent to an activating group) is 1. The molecule has 0 saturated carbocycles. The van der Waals surface area contributed by atoms with Gasteiger partial charge < -0.3 is 15.3 Å². The van der Waals surface area contributed by atoms with Gasteiger partial charge in [-0.25, -0.2) is 9.59 Å². The van der Waals surface area contributed by atoms with E-state index in [9.17, 15) is 9.59 Å². The lowest BCUT2D eigenvalue weighted by Gasteiger charge is -2.24. The molecular weight excluding hydrogens is 236 g/mol. The number of nitrogens with zero attached hydrogens (tertiary/aromatic N) is 3. The maximum atomic E-state index is 11.7. The van der Waals surface area contributed by atoms with E-state index in [0.29, 0.717) is 6.54 Å². The second-order valence-corrected chi connectivity index (χ2v) is 4.20. The van der Waals surface area contributed by atoms with E-state index in [1.165, 1.54) is 14.0 Å². The number of aromatic nitrogens is 2. The number of rotatable bonds is 5. The number of urea groups is 1. The molecular formula is C11H18N4O3. The van der Waals surface area contributed by atoms with E-state index in [1.54, 1.807) is 23.1 Å². The zero-order chi connectivity index (χ0) is 13.7. The molecule has 1 aromatic rings. The predicted molar refractivity (Wildman–Crippen MR) is 65.1 cm³/mol. The molecule has 2 unspecified atom stereocenters. The van der Waals surface area contributed by atoms with Crippen LogP contribution in [0.4, 0.5) is 4.79 Å². The molecule has 0 bridgehead atoms. The normalized spacial score (nSPS) is 13.7. The van der Waals surface area contributed by atoms with Crippen LogP contribution in [0, 0.1) is 0 Å². The maximum absolute atomic E-state index is 11.7. The number of carboxylic acid groups (broad SMARTS) is 1. The fourth-order valence-electron chi connectivity index (χ4n) is 1.39. The Hall–Kier alpha value is -2.05. The van der Waals surface area contributed by atoms with E-state index < -0.39 is 18.0 Å². The molecule has 100 valence electrons. The van der Waals surface area contributed by atoms with Gasteiger partial charge in [0.15, 0.2) is 0 Å². The number of carbonyl (C=O) groups excluding carboxylic acids is 1. The molecule has 2 atom stereocenters. The number of hydrogen-bond acceptors (Lipinski definition) is 3. The average Bonchev–Trinajstić information content (AvgIpc) is 2.79. The van der Waals surface area contributed by atoms with E-state index in [-0.39, 0.29) is 6.04 Å². The van der Waals surface area contributed by atoms with Crippen molar-refractivity contribution in [2.24, 2.45) is 0 Å². The molecule has 2 N–H and O–H groups in total. The van der Waals surface area contributed by atoms with Crippen LogP contribution in [-0.2, 0) is 11.3 Å². The molecule has 0 aliphatic heterocycles. The summed E-state index contributed by atoms with van der Waals surface area (Å²) in [5, 5.41) is 15.6. The standard InChI is InChI=1S/C11H18N4O3/c1-8(7-15-6-4-5-12-15)13-11(18)14(3)9(2)10(16)17/h4-6,8-9H,7H2,1-3H3,(H,13,18)(H,16,17). The first-order valence-corrected chi connectivity index (χ1v) is 5.65. The molecule has 0 radical (unpaired) electrons. The van der Waals surface area contributed by atoms with Gasteiger partial charge in [0.2, 0.25) is 0 Å². The van der Waals surface area contributed by atoms with Gasteiger partial charge in [0.05, 0.1) is 6.54 Å². The summed E-state index contributed by atoms with van der Waals surface area (Å²) in [6.07, 6.45) is 3.46. The lowest BCUT2D eigenvalue weighted by molar-refractivity contribution is -0.141. The Kier molecular flexibility index (Phi) is 4.70. The number of amides is 2. The van der Waals surface area contributed by atoms with Crippen LogP contribution in [-0.4, -0.2) is 50.9 Å². The van der Waals surface area contributed by atoms with Gasteiger partial charge in [-0.05, 0) is 19.9 Å². The van der Waals surface area contributed by atoms with Gasteiger partial charge >= 0.3 is 12.0 Å². The molecule has 0 aromatic carbocycles. The van der Waals surface area contributed by atoms with Crippen LogP contribution in [0.2, 0.25) is 0 Å². The second kappa shape index (κ2) is 6.04. The number of aliphatic carboxylic acids is 1.